The van der Waals surface area contributed by atoms with Crippen LogP contribution in [0.4, 0.5) is 4.79 Å². The van der Waals surface area contributed by atoms with Crippen molar-refractivity contribution in [3.63, 3.8) is 0 Å². The molecule has 6 nitrogen and oxygen atoms in total. The molecule has 2 aromatic rings. The van der Waals surface area contributed by atoms with E-state index in [1.807, 2.05) is 65.6 Å². The Morgan fingerprint density at radius 3 is 2.28 bits per heavy atom. The van der Waals surface area contributed by atoms with Gasteiger partial charge in [0.1, 0.15) is 12.6 Å². The Kier molecular flexibility index (Phi) is 7.71. The van der Waals surface area contributed by atoms with Crippen molar-refractivity contribution in [2.45, 2.75) is 49.7 Å². The average molecular weight is 454 g/mol. The molecule has 1 N–H and O–H groups in total. The molecule has 0 spiro atoms. The first-order chi connectivity index (χ1) is 15.6. The number of rotatable bonds is 6. The molecule has 2 aliphatic heterocycles. The second-order valence-corrected chi connectivity index (χ2v) is 9.26. The lowest BCUT2D eigenvalue weighted by molar-refractivity contribution is -0.139. The first-order valence-corrected chi connectivity index (χ1v) is 11.8. The van der Waals surface area contributed by atoms with Gasteiger partial charge in [0.15, 0.2) is 0 Å². The van der Waals surface area contributed by atoms with E-state index in [1.165, 1.54) is 0 Å². The van der Waals surface area contributed by atoms with E-state index in [-0.39, 0.29) is 23.8 Å². The van der Waals surface area contributed by atoms with E-state index in [9.17, 15) is 9.59 Å². The maximum atomic E-state index is 13.8. The smallest absolute Gasteiger partial charge is 0.410 e. The van der Waals surface area contributed by atoms with E-state index in [0.29, 0.717) is 19.5 Å². The van der Waals surface area contributed by atoms with Gasteiger partial charge in [0.2, 0.25) is 5.91 Å². The van der Waals surface area contributed by atoms with Gasteiger partial charge in [-0.2, -0.15) is 12.6 Å². The monoisotopic (exact) mass is 453 g/mol. The fraction of sp³-hybridized carbons (Fsp3) is 0.440. The Hall–Kier alpha value is -2.51. The van der Waals surface area contributed by atoms with E-state index in [2.05, 4.69) is 17.9 Å². The van der Waals surface area contributed by atoms with Crippen LogP contribution in [0.2, 0.25) is 0 Å². The highest BCUT2D eigenvalue weighted by atomic mass is 32.1. The van der Waals surface area contributed by atoms with Gasteiger partial charge in [0, 0.05) is 24.4 Å². The molecule has 2 unspecified atom stereocenters. The summed E-state index contributed by atoms with van der Waals surface area (Å²) in [7, 11) is 0. The highest BCUT2D eigenvalue weighted by Crippen LogP contribution is 2.27. The van der Waals surface area contributed by atoms with E-state index in [0.717, 1.165) is 37.1 Å². The molecule has 7 heteroatoms. The molecular formula is C25H31N3O3S. The summed E-state index contributed by atoms with van der Waals surface area (Å²) in [6.45, 7) is 2.94. The Bertz CT molecular complexity index is 890. The molecule has 0 saturated carbocycles. The van der Waals surface area contributed by atoms with Gasteiger partial charge in [-0.25, -0.2) is 4.79 Å². The number of nitrogens with one attached hydrogen (secondary N) is 1. The molecule has 0 aromatic heterocycles. The number of hydrogen-bond donors (Lipinski definition) is 2. The van der Waals surface area contributed by atoms with Gasteiger partial charge in [0.25, 0.3) is 0 Å². The molecule has 170 valence electrons. The average Bonchev–Trinajstić information content (AvgIpc) is 3.24. The predicted octanol–water partition coefficient (Wildman–Crippen LogP) is 3.48. The van der Waals surface area contributed by atoms with Gasteiger partial charge in [-0.1, -0.05) is 60.7 Å². The summed E-state index contributed by atoms with van der Waals surface area (Å²) in [5, 5.41) is 3.33. The number of ether oxygens (including phenoxy) is 1. The summed E-state index contributed by atoms with van der Waals surface area (Å²) in [6, 6.07) is 19.3. The maximum absolute atomic E-state index is 13.8. The van der Waals surface area contributed by atoms with Crippen molar-refractivity contribution in [1.82, 2.24) is 15.1 Å². The molecule has 4 rings (SSSR count). The van der Waals surface area contributed by atoms with Gasteiger partial charge < -0.3 is 15.0 Å². The van der Waals surface area contributed by atoms with E-state index < -0.39 is 12.1 Å². The third kappa shape index (κ3) is 5.64. The lowest BCUT2D eigenvalue weighted by Gasteiger charge is -2.37. The van der Waals surface area contributed by atoms with Crippen LogP contribution in [-0.4, -0.2) is 58.8 Å². The standard InChI is InChI=1S/C25H31N3O3S/c29-24(27(21-11-13-26-14-12-21)16-19-7-3-1-4-8-19)23-15-22(32)17-28(23)25(30)31-18-20-9-5-2-6-10-20/h1-10,21-23,26,32H,11-18H2. The van der Waals surface area contributed by atoms with Gasteiger partial charge in [-0.15, -0.1) is 0 Å². The number of thiol groups is 1. The predicted molar refractivity (Wildman–Crippen MR) is 127 cm³/mol. The molecule has 2 saturated heterocycles. The summed E-state index contributed by atoms with van der Waals surface area (Å²) in [4.78, 5) is 30.3. The molecule has 32 heavy (non-hydrogen) atoms. The van der Waals surface area contributed by atoms with Gasteiger partial charge in [-0.3, -0.25) is 9.69 Å². The van der Waals surface area contributed by atoms with Gasteiger partial charge >= 0.3 is 6.09 Å². The van der Waals surface area contributed by atoms with E-state index in [1.54, 1.807) is 4.90 Å². The van der Waals surface area contributed by atoms with Crippen LogP contribution < -0.4 is 5.32 Å². The minimum atomic E-state index is -0.542. The summed E-state index contributed by atoms with van der Waals surface area (Å²) in [6.07, 6.45) is 1.91. The number of nitrogens with zero attached hydrogens (tertiary/aromatic N) is 2. The zero-order valence-electron chi connectivity index (χ0n) is 18.2. The number of carbonyl (C=O) groups excluding carboxylic acids is 2. The van der Waals surface area contributed by atoms with Crippen LogP contribution >= 0.6 is 12.6 Å². The number of benzene rings is 2. The van der Waals surface area contributed by atoms with Crippen LogP contribution in [0.3, 0.4) is 0 Å². The first kappa shape index (κ1) is 22.7. The largest absolute Gasteiger partial charge is 0.445 e. The maximum Gasteiger partial charge on any atom is 0.410 e. The van der Waals surface area contributed by atoms with Crippen molar-refractivity contribution in [3.8, 4) is 0 Å². The van der Waals surface area contributed by atoms with Crippen LogP contribution in [0.25, 0.3) is 0 Å². The molecule has 2 atom stereocenters. The lowest BCUT2D eigenvalue weighted by atomic mass is 10.0. The van der Waals surface area contributed by atoms with Crippen molar-refractivity contribution < 1.29 is 14.3 Å². The minimum Gasteiger partial charge on any atom is -0.445 e. The fourth-order valence-electron chi connectivity index (χ4n) is 4.53. The first-order valence-electron chi connectivity index (χ1n) is 11.3. The number of amides is 2. The molecule has 2 heterocycles. The van der Waals surface area contributed by atoms with E-state index >= 15 is 0 Å². The summed E-state index contributed by atoms with van der Waals surface area (Å²) in [5.41, 5.74) is 2.02. The van der Waals surface area contributed by atoms with Crippen molar-refractivity contribution in [2.24, 2.45) is 0 Å². The second kappa shape index (κ2) is 10.9. The Morgan fingerprint density at radius 1 is 1.00 bits per heavy atom. The van der Waals surface area contributed by atoms with Crippen LogP contribution in [0.1, 0.15) is 30.4 Å². The molecule has 0 aliphatic carbocycles. The Morgan fingerprint density at radius 2 is 1.62 bits per heavy atom. The molecular weight excluding hydrogens is 422 g/mol. The minimum absolute atomic E-state index is 0.00559. The molecule has 2 amide bonds. The lowest BCUT2D eigenvalue weighted by Crippen LogP contribution is -2.53. The molecule has 0 bridgehead atoms. The van der Waals surface area contributed by atoms with Crippen molar-refractivity contribution >= 4 is 24.6 Å². The SMILES string of the molecule is O=C(C1CC(S)CN1C(=O)OCc1ccccc1)N(Cc1ccccc1)C1CCNCC1. The van der Waals surface area contributed by atoms with Crippen LogP contribution in [0.15, 0.2) is 60.7 Å². The quantitative estimate of drug-likeness (QED) is 0.658. The second-order valence-electron chi connectivity index (χ2n) is 8.53. The number of piperidine rings is 1. The molecule has 2 aliphatic rings. The topological polar surface area (TPSA) is 61.9 Å². The van der Waals surface area contributed by atoms with Crippen molar-refractivity contribution in [3.05, 3.63) is 71.8 Å². The van der Waals surface area contributed by atoms with Crippen LogP contribution in [0.5, 0.6) is 0 Å². The molecule has 0 radical (unpaired) electrons. The molecule has 2 aromatic carbocycles. The summed E-state index contributed by atoms with van der Waals surface area (Å²) in [5.74, 6) is -0.00559. The van der Waals surface area contributed by atoms with Gasteiger partial charge in [0.05, 0.1) is 0 Å². The summed E-state index contributed by atoms with van der Waals surface area (Å²) < 4.78 is 5.56. The Labute approximate surface area is 195 Å². The number of carbonyl (C=O) groups is 2. The molecule has 2 fully saturated rings. The highest BCUT2D eigenvalue weighted by molar-refractivity contribution is 7.81. The normalized spacial score (nSPS) is 21.3. The van der Waals surface area contributed by atoms with Crippen molar-refractivity contribution in [2.75, 3.05) is 19.6 Å². The third-order valence-electron chi connectivity index (χ3n) is 6.23. The third-order valence-corrected chi connectivity index (χ3v) is 6.61. The van der Waals surface area contributed by atoms with Gasteiger partial charge in [-0.05, 0) is 43.5 Å². The Balaban J connectivity index is 1.49. The fourth-order valence-corrected chi connectivity index (χ4v) is 4.90. The zero-order valence-corrected chi connectivity index (χ0v) is 19.1. The van der Waals surface area contributed by atoms with Crippen molar-refractivity contribution in [1.29, 1.82) is 0 Å². The summed E-state index contributed by atoms with van der Waals surface area (Å²) >= 11 is 4.60. The zero-order chi connectivity index (χ0) is 22.3. The van der Waals surface area contributed by atoms with Crippen LogP contribution in [0, 0.1) is 0 Å². The number of likely N-dealkylation sites (tertiary alicyclic amines) is 1. The van der Waals surface area contributed by atoms with Crippen LogP contribution in [-0.2, 0) is 22.7 Å². The highest BCUT2D eigenvalue weighted by Gasteiger charge is 2.42. The number of hydrogen-bond acceptors (Lipinski definition) is 5. The van der Waals surface area contributed by atoms with E-state index in [4.69, 9.17) is 4.74 Å².